The van der Waals surface area contributed by atoms with Gasteiger partial charge in [0.05, 0.1) is 32.0 Å². The molecule has 124 valence electrons. The molecule has 22 heavy (non-hydrogen) atoms. The van der Waals surface area contributed by atoms with E-state index >= 15 is 0 Å². The van der Waals surface area contributed by atoms with Crippen LogP contribution in [-0.2, 0) is 16.0 Å². The summed E-state index contributed by atoms with van der Waals surface area (Å²) in [5.41, 5.74) is 0. The minimum Gasteiger partial charge on any atom is -0.389 e. The summed E-state index contributed by atoms with van der Waals surface area (Å²) in [6, 6.07) is 2.42. The number of aliphatic hydroxyl groups excluding tert-OH is 1. The zero-order chi connectivity index (χ0) is 15.2. The van der Waals surface area contributed by atoms with Crippen molar-refractivity contribution in [2.45, 2.75) is 50.5 Å². The van der Waals surface area contributed by atoms with Gasteiger partial charge in [0.1, 0.15) is 0 Å². The maximum Gasteiger partial charge on any atom is 0.0900 e. The lowest BCUT2D eigenvalue weighted by Gasteiger charge is -2.26. The fourth-order valence-corrected chi connectivity index (χ4v) is 3.40. The van der Waals surface area contributed by atoms with Gasteiger partial charge < -0.3 is 14.6 Å². The van der Waals surface area contributed by atoms with Gasteiger partial charge in [0.25, 0.3) is 0 Å². The molecule has 1 aromatic rings. The molecule has 6 nitrogen and oxygen atoms in total. The highest BCUT2D eigenvalue weighted by Gasteiger charge is 2.27. The quantitative estimate of drug-likeness (QED) is 0.773. The Balaban J connectivity index is 1.37. The summed E-state index contributed by atoms with van der Waals surface area (Å²) in [5, 5.41) is 14.5. The Bertz CT molecular complexity index is 420. The smallest absolute Gasteiger partial charge is 0.0900 e. The highest BCUT2D eigenvalue weighted by molar-refractivity contribution is 4.84. The normalized spacial score (nSPS) is 27.5. The van der Waals surface area contributed by atoms with Gasteiger partial charge in [-0.1, -0.05) is 0 Å². The van der Waals surface area contributed by atoms with Gasteiger partial charge in [0.2, 0.25) is 0 Å². The molecule has 0 radical (unpaired) electrons. The van der Waals surface area contributed by atoms with Crippen LogP contribution in [0.25, 0.3) is 0 Å². The van der Waals surface area contributed by atoms with Gasteiger partial charge in [0.15, 0.2) is 0 Å². The lowest BCUT2D eigenvalue weighted by Crippen LogP contribution is -2.40. The number of rotatable bonds is 8. The van der Waals surface area contributed by atoms with Crippen LogP contribution in [0.2, 0.25) is 0 Å². The Labute approximate surface area is 132 Å². The van der Waals surface area contributed by atoms with Crippen LogP contribution in [0.15, 0.2) is 18.5 Å². The number of aromatic nitrogens is 2. The molecule has 1 N–H and O–H groups in total. The van der Waals surface area contributed by atoms with E-state index in [9.17, 15) is 5.11 Å². The van der Waals surface area contributed by atoms with Crippen LogP contribution in [0.5, 0.6) is 0 Å². The first-order valence-electron chi connectivity index (χ1n) is 8.40. The van der Waals surface area contributed by atoms with Crippen molar-refractivity contribution in [3.05, 3.63) is 18.5 Å². The van der Waals surface area contributed by atoms with E-state index in [1.807, 2.05) is 23.1 Å². The Morgan fingerprint density at radius 1 is 1.36 bits per heavy atom. The van der Waals surface area contributed by atoms with Crippen molar-refractivity contribution in [3.8, 4) is 0 Å². The van der Waals surface area contributed by atoms with Crippen LogP contribution in [0.1, 0.15) is 25.7 Å². The number of hydrogen-bond acceptors (Lipinski definition) is 5. The van der Waals surface area contributed by atoms with Gasteiger partial charge in [-0.15, -0.1) is 0 Å². The van der Waals surface area contributed by atoms with Crippen molar-refractivity contribution in [2.75, 3.05) is 32.9 Å². The molecule has 2 aliphatic rings. The first-order chi connectivity index (χ1) is 10.8. The molecular formula is C16H27N3O3. The van der Waals surface area contributed by atoms with Crippen LogP contribution >= 0.6 is 0 Å². The fraction of sp³-hybridized carbons (Fsp3) is 0.812. The molecule has 0 spiro atoms. The first kappa shape index (κ1) is 15.9. The molecule has 6 heteroatoms. The lowest BCUT2D eigenvalue weighted by molar-refractivity contribution is -0.0265. The van der Waals surface area contributed by atoms with Crippen LogP contribution in [0.4, 0.5) is 0 Å². The van der Waals surface area contributed by atoms with E-state index < -0.39 is 6.10 Å². The SMILES string of the molecule is O[C@H](COC[C@@H]1CCCO1)CN1CCC[C@H]1Cn1cccn1. The predicted molar refractivity (Wildman–Crippen MR) is 82.6 cm³/mol. The highest BCUT2D eigenvalue weighted by atomic mass is 16.5. The average molecular weight is 309 g/mol. The summed E-state index contributed by atoms with van der Waals surface area (Å²) in [5.74, 6) is 0. The Morgan fingerprint density at radius 2 is 2.32 bits per heavy atom. The largest absolute Gasteiger partial charge is 0.389 e. The van der Waals surface area contributed by atoms with E-state index in [1.54, 1.807) is 0 Å². The van der Waals surface area contributed by atoms with Gasteiger partial charge in [-0.05, 0) is 38.3 Å². The summed E-state index contributed by atoms with van der Waals surface area (Å²) in [6.45, 7) is 4.47. The number of likely N-dealkylation sites (tertiary alicyclic amines) is 1. The lowest BCUT2D eigenvalue weighted by atomic mass is 10.2. The monoisotopic (exact) mass is 309 g/mol. The summed E-state index contributed by atoms with van der Waals surface area (Å²) < 4.78 is 13.1. The molecule has 1 aromatic heterocycles. The zero-order valence-corrected chi connectivity index (χ0v) is 13.1. The third-order valence-electron chi connectivity index (χ3n) is 4.54. The number of β-amino-alcohol motifs (C(OH)–C–C–N with tert-alkyl or cyclic N) is 1. The van der Waals surface area contributed by atoms with Gasteiger partial charge in [-0.2, -0.15) is 5.10 Å². The van der Waals surface area contributed by atoms with E-state index in [0.717, 1.165) is 32.5 Å². The van der Waals surface area contributed by atoms with Crippen molar-refractivity contribution >= 4 is 0 Å². The maximum atomic E-state index is 10.2. The van der Waals surface area contributed by atoms with Crippen LogP contribution in [0, 0.1) is 0 Å². The van der Waals surface area contributed by atoms with Crippen molar-refractivity contribution in [1.29, 1.82) is 0 Å². The summed E-state index contributed by atoms with van der Waals surface area (Å²) in [4.78, 5) is 2.36. The first-order valence-corrected chi connectivity index (χ1v) is 8.40. The van der Waals surface area contributed by atoms with E-state index in [-0.39, 0.29) is 6.10 Å². The van der Waals surface area contributed by atoms with Crippen LogP contribution < -0.4 is 0 Å². The molecule has 3 rings (SSSR count). The molecule has 0 bridgehead atoms. The second-order valence-electron chi connectivity index (χ2n) is 6.35. The van der Waals surface area contributed by atoms with Crippen molar-refractivity contribution in [2.24, 2.45) is 0 Å². The third kappa shape index (κ3) is 4.52. The zero-order valence-electron chi connectivity index (χ0n) is 13.1. The summed E-state index contributed by atoms with van der Waals surface area (Å²) >= 11 is 0. The fourth-order valence-electron chi connectivity index (χ4n) is 3.40. The molecule has 0 saturated carbocycles. The molecule has 2 fully saturated rings. The third-order valence-corrected chi connectivity index (χ3v) is 4.54. The van der Waals surface area contributed by atoms with Crippen LogP contribution in [0.3, 0.4) is 0 Å². The molecule has 3 heterocycles. The molecule has 0 aliphatic carbocycles. The maximum absolute atomic E-state index is 10.2. The number of ether oxygens (including phenoxy) is 2. The van der Waals surface area contributed by atoms with Gasteiger partial charge in [0, 0.05) is 31.6 Å². The Morgan fingerprint density at radius 3 is 3.09 bits per heavy atom. The highest BCUT2D eigenvalue weighted by Crippen LogP contribution is 2.19. The topological polar surface area (TPSA) is 59.8 Å². The van der Waals surface area contributed by atoms with Crippen molar-refractivity contribution < 1.29 is 14.6 Å². The standard InChI is InChI=1S/C16H27N3O3/c20-15(12-21-13-16-5-2-9-22-16)11-18-7-1-4-14(18)10-19-8-3-6-17-19/h3,6,8,14-16,20H,1-2,4-5,7,9-13H2/t14-,15-,16-/m0/s1. The molecule has 3 atom stereocenters. The molecule has 0 aromatic carbocycles. The Hall–Kier alpha value is -0.950. The minimum atomic E-state index is -0.431. The predicted octanol–water partition coefficient (Wildman–Crippen LogP) is 0.904. The van der Waals surface area contributed by atoms with E-state index in [1.165, 1.54) is 12.8 Å². The summed E-state index contributed by atoms with van der Waals surface area (Å²) in [7, 11) is 0. The number of aliphatic hydroxyl groups is 1. The minimum absolute atomic E-state index is 0.228. The van der Waals surface area contributed by atoms with E-state index in [4.69, 9.17) is 9.47 Å². The molecule has 0 unspecified atom stereocenters. The second-order valence-corrected chi connectivity index (χ2v) is 6.35. The van der Waals surface area contributed by atoms with E-state index in [0.29, 0.717) is 25.8 Å². The summed E-state index contributed by atoms with van der Waals surface area (Å²) in [6.07, 6.45) is 8.17. The van der Waals surface area contributed by atoms with Crippen LogP contribution in [-0.4, -0.2) is 70.9 Å². The average Bonchev–Trinajstić information content (AvgIpc) is 3.23. The van der Waals surface area contributed by atoms with Gasteiger partial charge >= 0.3 is 0 Å². The van der Waals surface area contributed by atoms with Gasteiger partial charge in [-0.3, -0.25) is 9.58 Å². The number of nitrogens with zero attached hydrogens (tertiary/aromatic N) is 3. The van der Waals surface area contributed by atoms with Gasteiger partial charge in [-0.25, -0.2) is 0 Å². The molecule has 0 amide bonds. The molecule has 2 aliphatic heterocycles. The molecule has 2 saturated heterocycles. The second kappa shape index (κ2) is 8.06. The molecular weight excluding hydrogens is 282 g/mol. The Kier molecular flexibility index (Phi) is 5.83. The van der Waals surface area contributed by atoms with Crippen molar-refractivity contribution in [3.63, 3.8) is 0 Å². The number of hydrogen-bond donors (Lipinski definition) is 1. The van der Waals surface area contributed by atoms with E-state index in [2.05, 4.69) is 10.00 Å². The van der Waals surface area contributed by atoms with Crippen molar-refractivity contribution in [1.82, 2.24) is 14.7 Å².